The molecule has 0 bridgehead atoms. The summed E-state index contributed by atoms with van der Waals surface area (Å²) in [5.41, 5.74) is 0. The average molecular weight is 208 g/mol. The van der Waals surface area contributed by atoms with Gasteiger partial charge in [-0.2, -0.15) is 8.42 Å². The first-order chi connectivity index (χ1) is 5.78. The average Bonchev–Trinajstić information content (AvgIpc) is 1.98. The number of hydrogen-bond donors (Lipinski definition) is 2. The molecule has 0 saturated heterocycles. The van der Waals surface area contributed by atoms with E-state index in [-0.39, 0.29) is 0 Å². The van der Waals surface area contributed by atoms with Crippen molar-refractivity contribution in [1.82, 2.24) is 5.01 Å². The fourth-order valence-corrected chi connectivity index (χ4v) is 1.48. The molecule has 3 N–H and O–H groups in total. The Hall–Kier alpha value is -0.920. The number of rotatable bonds is 4. The van der Waals surface area contributed by atoms with Crippen LogP contribution in [-0.4, -0.2) is 35.7 Å². The zero-order valence-electron chi connectivity index (χ0n) is 7.17. The number of carbonyl (C=O) groups excluding carboxylic acids is 1. The molecule has 1 atom stereocenters. The molecule has 0 aromatic rings. The molecule has 0 spiro atoms. The predicted molar refractivity (Wildman–Crippen MR) is 47.1 cm³/mol. The van der Waals surface area contributed by atoms with Crippen LogP contribution in [0.15, 0.2) is 12.7 Å². The van der Waals surface area contributed by atoms with Gasteiger partial charge in [0.2, 0.25) is 0 Å². The number of hydrazine groups is 1. The Labute approximate surface area is 76.7 Å². The lowest BCUT2D eigenvalue weighted by Crippen LogP contribution is -2.46. The monoisotopic (exact) mass is 208 g/mol. The normalized spacial score (nSPS) is 13.5. The standard InChI is InChI=1S/C6H12N2O4S/c1-3-6(9)8(7)5(2)4-13(10,11)12/h3,5H,1,4,7H2,2H3,(H,10,11,12). The van der Waals surface area contributed by atoms with Crippen molar-refractivity contribution in [3.63, 3.8) is 0 Å². The molecule has 0 aliphatic rings. The third kappa shape index (κ3) is 4.61. The maximum atomic E-state index is 10.8. The fraction of sp³-hybridized carbons (Fsp3) is 0.500. The van der Waals surface area contributed by atoms with Crippen molar-refractivity contribution in [1.29, 1.82) is 0 Å². The highest BCUT2D eigenvalue weighted by atomic mass is 32.2. The van der Waals surface area contributed by atoms with Gasteiger partial charge in [-0.15, -0.1) is 0 Å². The van der Waals surface area contributed by atoms with Gasteiger partial charge in [-0.3, -0.25) is 14.4 Å². The molecular weight excluding hydrogens is 196 g/mol. The van der Waals surface area contributed by atoms with E-state index >= 15 is 0 Å². The summed E-state index contributed by atoms with van der Waals surface area (Å²) in [5.74, 6) is 4.02. The summed E-state index contributed by atoms with van der Waals surface area (Å²) >= 11 is 0. The summed E-state index contributed by atoms with van der Waals surface area (Å²) in [6, 6.07) is -0.791. The highest BCUT2D eigenvalue weighted by Crippen LogP contribution is 1.97. The van der Waals surface area contributed by atoms with E-state index in [9.17, 15) is 13.2 Å². The van der Waals surface area contributed by atoms with E-state index < -0.39 is 27.8 Å². The number of carbonyl (C=O) groups is 1. The summed E-state index contributed by atoms with van der Waals surface area (Å²) < 4.78 is 29.2. The first-order valence-electron chi connectivity index (χ1n) is 3.43. The van der Waals surface area contributed by atoms with Crippen molar-refractivity contribution in [3.8, 4) is 0 Å². The van der Waals surface area contributed by atoms with Gasteiger partial charge in [0.25, 0.3) is 16.0 Å². The van der Waals surface area contributed by atoms with Crippen LogP contribution >= 0.6 is 0 Å². The molecule has 0 aliphatic carbocycles. The molecule has 0 fully saturated rings. The fourth-order valence-electron chi connectivity index (χ4n) is 0.708. The second kappa shape index (κ2) is 4.35. The Morgan fingerprint density at radius 3 is 2.54 bits per heavy atom. The van der Waals surface area contributed by atoms with Crippen molar-refractivity contribution >= 4 is 16.0 Å². The molecule has 0 aromatic heterocycles. The highest BCUT2D eigenvalue weighted by Gasteiger charge is 2.19. The van der Waals surface area contributed by atoms with Gasteiger partial charge in [-0.25, -0.2) is 5.84 Å². The number of nitrogens with zero attached hydrogens (tertiary/aromatic N) is 1. The second-order valence-electron chi connectivity index (χ2n) is 2.55. The summed E-state index contributed by atoms with van der Waals surface area (Å²) in [4.78, 5) is 10.8. The molecule has 0 heterocycles. The molecule has 6 nitrogen and oxygen atoms in total. The van der Waals surface area contributed by atoms with Crippen LogP contribution in [0.2, 0.25) is 0 Å². The maximum Gasteiger partial charge on any atom is 0.266 e. The summed E-state index contributed by atoms with van der Waals surface area (Å²) in [6.07, 6.45) is 0.959. The van der Waals surface area contributed by atoms with E-state index in [0.717, 1.165) is 6.08 Å². The number of hydrogen-bond acceptors (Lipinski definition) is 4. The maximum absolute atomic E-state index is 10.8. The van der Waals surface area contributed by atoms with Crippen LogP contribution in [0.5, 0.6) is 0 Å². The smallest absolute Gasteiger partial charge is 0.266 e. The van der Waals surface area contributed by atoms with E-state index in [2.05, 4.69) is 6.58 Å². The third-order valence-electron chi connectivity index (χ3n) is 1.36. The van der Waals surface area contributed by atoms with E-state index in [1.165, 1.54) is 6.92 Å². The summed E-state index contributed by atoms with van der Waals surface area (Å²) in [6.45, 7) is 4.58. The predicted octanol–water partition coefficient (Wildman–Crippen LogP) is -0.849. The Morgan fingerprint density at radius 1 is 1.77 bits per heavy atom. The zero-order valence-corrected chi connectivity index (χ0v) is 7.99. The van der Waals surface area contributed by atoms with E-state index in [1.807, 2.05) is 0 Å². The SMILES string of the molecule is C=CC(=O)N(N)C(C)CS(=O)(=O)O. The Balaban J connectivity index is 4.36. The molecule has 0 saturated carbocycles. The Kier molecular flexibility index (Phi) is 4.05. The summed E-state index contributed by atoms with van der Waals surface area (Å²) in [5, 5.41) is 0.695. The molecule has 76 valence electrons. The van der Waals surface area contributed by atoms with Crippen LogP contribution in [0.4, 0.5) is 0 Å². The van der Waals surface area contributed by atoms with Crippen molar-refractivity contribution in [3.05, 3.63) is 12.7 Å². The molecular formula is C6H12N2O4S. The Morgan fingerprint density at radius 2 is 2.23 bits per heavy atom. The number of amides is 1. The van der Waals surface area contributed by atoms with Crippen molar-refractivity contribution in [2.24, 2.45) is 5.84 Å². The second-order valence-corrected chi connectivity index (χ2v) is 4.04. The van der Waals surface area contributed by atoms with Crippen LogP contribution < -0.4 is 5.84 Å². The van der Waals surface area contributed by atoms with Gasteiger partial charge in [0.1, 0.15) is 0 Å². The number of nitrogens with two attached hydrogens (primary N) is 1. The lowest BCUT2D eigenvalue weighted by atomic mass is 10.3. The van der Waals surface area contributed by atoms with Gasteiger partial charge in [-0.05, 0) is 13.0 Å². The minimum absolute atomic E-state index is 0.594. The molecule has 0 rings (SSSR count). The van der Waals surface area contributed by atoms with Gasteiger partial charge < -0.3 is 0 Å². The van der Waals surface area contributed by atoms with Gasteiger partial charge in [0.05, 0.1) is 11.8 Å². The van der Waals surface area contributed by atoms with Crippen LogP contribution in [-0.2, 0) is 14.9 Å². The zero-order chi connectivity index (χ0) is 10.6. The van der Waals surface area contributed by atoms with Gasteiger partial charge in [-0.1, -0.05) is 6.58 Å². The topological polar surface area (TPSA) is 101 Å². The third-order valence-corrected chi connectivity index (χ3v) is 2.26. The quantitative estimate of drug-likeness (QED) is 0.206. The lowest BCUT2D eigenvalue weighted by molar-refractivity contribution is -0.127. The minimum atomic E-state index is -4.12. The van der Waals surface area contributed by atoms with Crippen molar-refractivity contribution < 1.29 is 17.8 Å². The van der Waals surface area contributed by atoms with Gasteiger partial charge in [0.15, 0.2) is 0 Å². The van der Waals surface area contributed by atoms with Crippen LogP contribution in [0.25, 0.3) is 0 Å². The van der Waals surface area contributed by atoms with Crippen LogP contribution in [0.3, 0.4) is 0 Å². The molecule has 13 heavy (non-hydrogen) atoms. The van der Waals surface area contributed by atoms with Gasteiger partial charge >= 0.3 is 0 Å². The molecule has 0 aromatic carbocycles. The molecule has 1 unspecified atom stereocenters. The van der Waals surface area contributed by atoms with E-state index in [4.69, 9.17) is 10.4 Å². The Bertz CT molecular complexity index is 298. The van der Waals surface area contributed by atoms with E-state index in [0.29, 0.717) is 5.01 Å². The lowest BCUT2D eigenvalue weighted by Gasteiger charge is -2.21. The molecule has 1 amide bonds. The van der Waals surface area contributed by atoms with Crippen LogP contribution in [0, 0.1) is 0 Å². The molecule has 0 aliphatic heterocycles. The first kappa shape index (κ1) is 12.1. The summed E-state index contributed by atoms with van der Waals surface area (Å²) in [7, 11) is -4.12. The van der Waals surface area contributed by atoms with Crippen molar-refractivity contribution in [2.45, 2.75) is 13.0 Å². The molecule has 0 radical (unpaired) electrons. The first-order valence-corrected chi connectivity index (χ1v) is 5.04. The van der Waals surface area contributed by atoms with Gasteiger partial charge in [0, 0.05) is 0 Å². The largest absolute Gasteiger partial charge is 0.285 e. The highest BCUT2D eigenvalue weighted by molar-refractivity contribution is 7.85. The van der Waals surface area contributed by atoms with Crippen molar-refractivity contribution in [2.75, 3.05) is 5.75 Å². The minimum Gasteiger partial charge on any atom is -0.285 e. The molecule has 7 heteroatoms. The van der Waals surface area contributed by atoms with Crippen LogP contribution in [0.1, 0.15) is 6.92 Å². The van der Waals surface area contributed by atoms with E-state index in [1.54, 1.807) is 0 Å².